The van der Waals surface area contributed by atoms with Crippen LogP contribution in [0, 0.1) is 11.6 Å². The highest BCUT2D eigenvalue weighted by atomic mass is 19.1. The van der Waals surface area contributed by atoms with Crippen LogP contribution in [0.25, 0.3) is 10.9 Å². The maximum atomic E-state index is 13.1. The molecule has 0 bridgehead atoms. The van der Waals surface area contributed by atoms with E-state index in [2.05, 4.69) is 10.3 Å². The van der Waals surface area contributed by atoms with Crippen LogP contribution in [0.4, 0.5) is 14.5 Å². The van der Waals surface area contributed by atoms with Gasteiger partial charge < -0.3 is 15.0 Å². The molecule has 7 heteroatoms. The van der Waals surface area contributed by atoms with E-state index >= 15 is 0 Å². The molecule has 0 saturated heterocycles. The van der Waals surface area contributed by atoms with Crippen molar-refractivity contribution in [1.82, 2.24) is 4.98 Å². The summed E-state index contributed by atoms with van der Waals surface area (Å²) in [7, 11) is 0. The van der Waals surface area contributed by atoms with E-state index in [9.17, 15) is 18.4 Å². The van der Waals surface area contributed by atoms with Crippen molar-refractivity contribution in [1.29, 1.82) is 0 Å². The van der Waals surface area contributed by atoms with Gasteiger partial charge >= 0.3 is 5.97 Å². The number of rotatable bonds is 6. The molecule has 134 valence electrons. The van der Waals surface area contributed by atoms with Crippen LogP contribution in [-0.4, -0.2) is 23.5 Å². The molecule has 0 radical (unpaired) electrons. The highest BCUT2D eigenvalue weighted by Gasteiger charge is 2.11. The maximum Gasteiger partial charge on any atom is 0.306 e. The fourth-order valence-corrected chi connectivity index (χ4v) is 2.62. The maximum absolute atomic E-state index is 13.1. The zero-order chi connectivity index (χ0) is 18.5. The number of H-pyrrole nitrogens is 1. The molecular weight excluding hydrogens is 342 g/mol. The summed E-state index contributed by atoms with van der Waals surface area (Å²) in [6.45, 7) is -0.523. The third kappa shape index (κ3) is 4.44. The lowest BCUT2D eigenvalue weighted by Crippen LogP contribution is -2.21. The van der Waals surface area contributed by atoms with E-state index in [1.54, 1.807) is 0 Å². The molecule has 26 heavy (non-hydrogen) atoms. The Kier molecular flexibility index (Phi) is 5.26. The minimum Gasteiger partial charge on any atom is -0.456 e. The number of para-hydroxylation sites is 1. The molecule has 1 aromatic heterocycles. The first-order chi connectivity index (χ1) is 12.5. The number of amides is 1. The average molecular weight is 358 g/mol. The van der Waals surface area contributed by atoms with Crippen molar-refractivity contribution in [3.05, 3.63) is 65.9 Å². The first kappa shape index (κ1) is 17.6. The van der Waals surface area contributed by atoms with Crippen LogP contribution in [0.2, 0.25) is 0 Å². The number of fused-ring (bicyclic) bond motifs is 1. The van der Waals surface area contributed by atoms with Crippen molar-refractivity contribution >= 4 is 28.5 Å². The lowest BCUT2D eigenvalue weighted by molar-refractivity contribution is -0.147. The monoisotopic (exact) mass is 358 g/mol. The second-order valence-electron chi connectivity index (χ2n) is 5.73. The minimum absolute atomic E-state index is 0.0395. The third-order valence-electron chi connectivity index (χ3n) is 3.78. The Balaban J connectivity index is 1.47. The second-order valence-corrected chi connectivity index (χ2v) is 5.73. The molecule has 0 aliphatic heterocycles. The van der Waals surface area contributed by atoms with Crippen LogP contribution in [0.5, 0.6) is 0 Å². The molecule has 2 aromatic carbocycles. The number of ether oxygens (including phenoxy) is 1. The minimum atomic E-state index is -0.809. The number of nitrogens with one attached hydrogen (secondary N) is 2. The first-order valence-electron chi connectivity index (χ1n) is 7.98. The van der Waals surface area contributed by atoms with Crippen molar-refractivity contribution in [2.45, 2.75) is 12.8 Å². The Hall–Kier alpha value is -3.22. The van der Waals surface area contributed by atoms with Crippen LogP contribution < -0.4 is 5.32 Å². The topological polar surface area (TPSA) is 71.2 Å². The zero-order valence-corrected chi connectivity index (χ0v) is 13.7. The third-order valence-corrected chi connectivity index (χ3v) is 3.78. The van der Waals surface area contributed by atoms with E-state index in [-0.39, 0.29) is 12.1 Å². The van der Waals surface area contributed by atoms with Crippen molar-refractivity contribution in [3.63, 3.8) is 0 Å². The molecule has 0 unspecified atom stereocenters. The number of aromatic nitrogens is 1. The lowest BCUT2D eigenvalue weighted by atomic mass is 10.1. The van der Waals surface area contributed by atoms with E-state index in [0.717, 1.165) is 28.6 Å². The van der Waals surface area contributed by atoms with E-state index in [4.69, 9.17) is 4.74 Å². The summed E-state index contributed by atoms with van der Waals surface area (Å²) in [5.41, 5.74) is 1.93. The van der Waals surface area contributed by atoms with Crippen LogP contribution in [0.1, 0.15) is 12.0 Å². The van der Waals surface area contributed by atoms with E-state index < -0.39 is 30.1 Å². The highest BCUT2D eigenvalue weighted by molar-refractivity contribution is 5.92. The summed E-state index contributed by atoms with van der Waals surface area (Å²) < 4.78 is 31.0. The Morgan fingerprint density at radius 3 is 2.58 bits per heavy atom. The van der Waals surface area contributed by atoms with Gasteiger partial charge in [-0.15, -0.1) is 0 Å². The summed E-state index contributed by atoms with van der Waals surface area (Å²) >= 11 is 0. The highest BCUT2D eigenvalue weighted by Crippen LogP contribution is 2.19. The molecule has 5 nitrogen and oxygen atoms in total. The van der Waals surface area contributed by atoms with E-state index in [1.807, 2.05) is 30.5 Å². The van der Waals surface area contributed by atoms with Crippen molar-refractivity contribution in [2.24, 2.45) is 0 Å². The number of aryl methyl sites for hydroxylation is 1. The van der Waals surface area contributed by atoms with E-state index in [0.29, 0.717) is 12.5 Å². The molecule has 0 atom stereocenters. The standard InChI is InChI=1S/C19H16F2N2O3/c20-13-7-14(21)9-15(8-13)23-18(24)11-26-19(25)6-5-12-10-22-17-4-2-1-3-16(12)17/h1-4,7-10,22H,5-6,11H2,(H,23,24). The SMILES string of the molecule is O=C(COC(=O)CCc1c[nH]c2ccccc12)Nc1cc(F)cc(F)c1. The summed E-state index contributed by atoms with van der Waals surface area (Å²) in [6, 6.07) is 10.4. The smallest absolute Gasteiger partial charge is 0.306 e. The van der Waals surface area contributed by atoms with Crippen molar-refractivity contribution in [3.8, 4) is 0 Å². The Bertz CT molecular complexity index is 933. The lowest BCUT2D eigenvalue weighted by Gasteiger charge is -2.07. The summed E-state index contributed by atoms with van der Waals surface area (Å²) in [6.07, 6.45) is 2.42. The number of carbonyl (C=O) groups is 2. The van der Waals surface area contributed by atoms with Crippen LogP contribution in [0.3, 0.4) is 0 Å². The quantitative estimate of drug-likeness (QED) is 0.662. The fraction of sp³-hybridized carbons (Fsp3) is 0.158. The average Bonchev–Trinajstić information content (AvgIpc) is 3.00. The Morgan fingerprint density at radius 1 is 1.08 bits per heavy atom. The Morgan fingerprint density at radius 2 is 1.81 bits per heavy atom. The van der Waals surface area contributed by atoms with Gasteiger partial charge in [-0.05, 0) is 30.2 Å². The van der Waals surface area contributed by atoms with Crippen LogP contribution >= 0.6 is 0 Å². The van der Waals surface area contributed by atoms with Gasteiger partial charge in [0.1, 0.15) is 11.6 Å². The predicted octanol–water partition coefficient (Wildman–Crippen LogP) is 3.56. The number of benzene rings is 2. The molecule has 0 aliphatic carbocycles. The molecule has 1 heterocycles. The summed E-state index contributed by atoms with van der Waals surface area (Å²) in [5, 5.41) is 3.31. The van der Waals surface area contributed by atoms with Gasteiger partial charge in [-0.3, -0.25) is 9.59 Å². The van der Waals surface area contributed by atoms with Crippen molar-refractivity contribution in [2.75, 3.05) is 11.9 Å². The largest absolute Gasteiger partial charge is 0.456 e. The number of carbonyl (C=O) groups excluding carboxylic acids is 2. The normalized spacial score (nSPS) is 10.7. The van der Waals surface area contributed by atoms with Gasteiger partial charge in [-0.25, -0.2) is 8.78 Å². The number of halogens is 2. The predicted molar refractivity (Wildman–Crippen MR) is 92.6 cm³/mol. The van der Waals surface area contributed by atoms with Gasteiger partial charge in [0, 0.05) is 35.3 Å². The molecule has 3 aromatic rings. The molecule has 0 spiro atoms. The number of hydrogen-bond acceptors (Lipinski definition) is 3. The molecule has 0 aliphatic rings. The van der Waals surface area contributed by atoms with Crippen LogP contribution in [-0.2, 0) is 20.7 Å². The first-order valence-corrected chi connectivity index (χ1v) is 7.98. The molecular formula is C19H16F2N2O3. The molecule has 2 N–H and O–H groups in total. The Labute approximate surface area is 148 Å². The van der Waals surface area contributed by atoms with Gasteiger partial charge in [0.25, 0.3) is 5.91 Å². The van der Waals surface area contributed by atoms with Crippen LogP contribution in [0.15, 0.2) is 48.7 Å². The number of anilines is 1. The van der Waals surface area contributed by atoms with Crippen molar-refractivity contribution < 1.29 is 23.1 Å². The number of esters is 1. The van der Waals surface area contributed by atoms with Gasteiger partial charge in [0.15, 0.2) is 6.61 Å². The molecule has 3 rings (SSSR count). The summed E-state index contributed by atoms with van der Waals surface area (Å²) in [5.74, 6) is -2.82. The second kappa shape index (κ2) is 7.77. The van der Waals surface area contributed by atoms with Gasteiger partial charge in [-0.1, -0.05) is 18.2 Å². The summed E-state index contributed by atoms with van der Waals surface area (Å²) in [4.78, 5) is 26.6. The number of hydrogen-bond donors (Lipinski definition) is 2. The fourth-order valence-electron chi connectivity index (χ4n) is 2.62. The van der Waals surface area contributed by atoms with E-state index in [1.165, 1.54) is 0 Å². The van der Waals surface area contributed by atoms with Gasteiger partial charge in [-0.2, -0.15) is 0 Å². The molecule has 0 saturated carbocycles. The molecule has 1 amide bonds. The zero-order valence-electron chi connectivity index (χ0n) is 13.7. The van der Waals surface area contributed by atoms with Gasteiger partial charge in [0.05, 0.1) is 0 Å². The van der Waals surface area contributed by atoms with Gasteiger partial charge in [0.2, 0.25) is 0 Å². The molecule has 0 fully saturated rings. The number of aromatic amines is 1.